The maximum absolute atomic E-state index is 13.1. The predicted octanol–water partition coefficient (Wildman–Crippen LogP) is 4.35. The van der Waals surface area contributed by atoms with Gasteiger partial charge < -0.3 is 9.32 Å². The van der Waals surface area contributed by atoms with E-state index in [0.717, 1.165) is 17.7 Å². The van der Waals surface area contributed by atoms with Crippen LogP contribution in [0.15, 0.2) is 27.1 Å². The normalized spacial score (nSPS) is 17.4. The summed E-state index contributed by atoms with van der Waals surface area (Å²) in [6, 6.07) is 2.96. The molecule has 7 nitrogen and oxygen atoms in total. The van der Waals surface area contributed by atoms with Crippen LogP contribution in [0.2, 0.25) is 0 Å². The summed E-state index contributed by atoms with van der Waals surface area (Å²) in [5, 5.41) is -0.283. The Morgan fingerprint density at radius 3 is 2.57 bits per heavy atom. The van der Waals surface area contributed by atoms with Crippen LogP contribution in [0.4, 0.5) is 14.6 Å². The number of piperidine rings is 1. The minimum atomic E-state index is -2.87. The van der Waals surface area contributed by atoms with Crippen LogP contribution in [-0.4, -0.2) is 44.7 Å². The Morgan fingerprint density at radius 1 is 1.33 bits per heavy atom. The van der Waals surface area contributed by atoms with Crippen LogP contribution < -0.4 is 4.90 Å². The van der Waals surface area contributed by atoms with Gasteiger partial charge in [0.15, 0.2) is 11.5 Å². The van der Waals surface area contributed by atoms with Crippen molar-refractivity contribution in [2.45, 2.75) is 51.2 Å². The van der Waals surface area contributed by atoms with Gasteiger partial charge in [-0.25, -0.2) is 23.0 Å². The Hall–Kier alpha value is -2.36. The van der Waals surface area contributed by atoms with E-state index in [2.05, 4.69) is 19.2 Å². The van der Waals surface area contributed by atoms with E-state index in [1.165, 1.54) is 13.2 Å². The van der Waals surface area contributed by atoms with E-state index in [4.69, 9.17) is 4.42 Å². The van der Waals surface area contributed by atoms with Crippen molar-refractivity contribution in [1.29, 1.82) is 0 Å². The maximum Gasteiger partial charge on any atom is 0.321 e. The van der Waals surface area contributed by atoms with E-state index in [-0.39, 0.29) is 22.5 Å². The second-order valence-electron chi connectivity index (χ2n) is 7.83. The molecule has 1 amide bonds. The predicted molar refractivity (Wildman–Crippen MR) is 111 cm³/mol. The van der Waals surface area contributed by atoms with Gasteiger partial charge in [-0.1, -0.05) is 13.8 Å². The average molecular weight is 441 g/mol. The zero-order valence-corrected chi connectivity index (χ0v) is 18.3. The van der Waals surface area contributed by atoms with Crippen molar-refractivity contribution in [3.05, 3.63) is 41.2 Å². The molecule has 0 N–H and O–H groups in total. The van der Waals surface area contributed by atoms with Crippen molar-refractivity contribution < 1.29 is 22.2 Å². The number of hydrogen-bond donors (Lipinski definition) is 0. The molecule has 1 fully saturated rings. The highest BCUT2D eigenvalue weighted by molar-refractivity contribution is 7.93. The zero-order chi connectivity index (χ0) is 22.1. The third kappa shape index (κ3) is 4.85. The summed E-state index contributed by atoms with van der Waals surface area (Å²) in [5.74, 6) is 0.0936. The number of aromatic nitrogens is 2. The molecular formula is C20H26F2N4O3S. The lowest BCUT2D eigenvalue weighted by atomic mass is 10.1. The first-order chi connectivity index (χ1) is 14.1. The third-order valence-electron chi connectivity index (χ3n) is 5.17. The molecule has 164 valence electrons. The van der Waals surface area contributed by atoms with E-state index < -0.39 is 27.8 Å². The molecule has 2 aromatic heterocycles. The first kappa shape index (κ1) is 22.3. The van der Waals surface area contributed by atoms with E-state index in [1.54, 1.807) is 6.20 Å². The van der Waals surface area contributed by atoms with Gasteiger partial charge in [0, 0.05) is 42.3 Å². The fraction of sp³-hybridized carbons (Fsp3) is 0.550. The number of carbonyl (C=O) groups is 1. The molecule has 1 saturated heterocycles. The van der Waals surface area contributed by atoms with Gasteiger partial charge in [-0.2, -0.15) is 4.36 Å². The molecular weight excluding hydrogens is 414 g/mol. The number of halogens is 2. The molecule has 10 heteroatoms. The lowest BCUT2D eigenvalue weighted by molar-refractivity contribution is 0.0947. The summed E-state index contributed by atoms with van der Waals surface area (Å²) < 4.78 is 47.5. The van der Waals surface area contributed by atoms with E-state index in [0.29, 0.717) is 25.9 Å². The van der Waals surface area contributed by atoms with Crippen LogP contribution in [0.25, 0.3) is 0 Å². The Bertz CT molecular complexity index is 1040. The van der Waals surface area contributed by atoms with Crippen LogP contribution in [0, 0.1) is 6.92 Å². The van der Waals surface area contributed by atoms with Gasteiger partial charge in [0.2, 0.25) is 0 Å². The summed E-state index contributed by atoms with van der Waals surface area (Å²) >= 11 is 0. The fourth-order valence-corrected chi connectivity index (χ4v) is 5.09. The second kappa shape index (κ2) is 8.79. The second-order valence-corrected chi connectivity index (χ2v) is 10.4. The lowest BCUT2D eigenvalue weighted by Crippen LogP contribution is -2.39. The third-order valence-corrected chi connectivity index (χ3v) is 7.41. The van der Waals surface area contributed by atoms with Crippen LogP contribution in [0.3, 0.4) is 0 Å². The maximum atomic E-state index is 13.1. The molecule has 3 heterocycles. The van der Waals surface area contributed by atoms with Gasteiger partial charge >= 0.3 is 5.91 Å². The summed E-state index contributed by atoms with van der Waals surface area (Å²) in [7, 11) is -2.87. The van der Waals surface area contributed by atoms with E-state index in [9.17, 15) is 17.8 Å². The number of furan rings is 1. The highest BCUT2D eigenvalue weighted by Crippen LogP contribution is 2.27. The monoisotopic (exact) mass is 440 g/mol. The molecule has 1 aliphatic rings. The first-order valence-corrected chi connectivity index (χ1v) is 11.8. The molecule has 0 bridgehead atoms. The van der Waals surface area contributed by atoms with Crippen molar-refractivity contribution >= 4 is 21.5 Å². The molecule has 30 heavy (non-hydrogen) atoms. The average Bonchev–Trinajstić information content (AvgIpc) is 3.10. The van der Waals surface area contributed by atoms with Crippen LogP contribution in [0.5, 0.6) is 0 Å². The number of alkyl halides is 2. The summed E-state index contributed by atoms with van der Waals surface area (Å²) in [4.78, 5) is 23.4. The van der Waals surface area contributed by atoms with Gasteiger partial charge in [0.1, 0.15) is 11.6 Å². The minimum absolute atomic E-state index is 0.220. The molecule has 2 aromatic rings. The van der Waals surface area contributed by atoms with Crippen molar-refractivity contribution in [2.24, 2.45) is 4.36 Å². The number of anilines is 1. The van der Waals surface area contributed by atoms with Crippen molar-refractivity contribution in [2.75, 3.05) is 24.2 Å². The van der Waals surface area contributed by atoms with Crippen LogP contribution >= 0.6 is 0 Å². The van der Waals surface area contributed by atoms with Gasteiger partial charge in [0.25, 0.3) is 6.43 Å². The van der Waals surface area contributed by atoms with Crippen molar-refractivity contribution in [3.8, 4) is 0 Å². The number of nitrogens with zero attached hydrogens (tertiary/aromatic N) is 4. The zero-order valence-electron chi connectivity index (χ0n) is 17.5. The number of rotatable bonds is 5. The molecule has 0 spiro atoms. The minimum Gasteiger partial charge on any atom is -0.449 e. The summed E-state index contributed by atoms with van der Waals surface area (Å²) in [5.41, 5.74) is 0.258. The molecule has 1 unspecified atom stereocenters. The van der Waals surface area contributed by atoms with Crippen molar-refractivity contribution in [3.63, 3.8) is 0 Å². The number of aryl methyl sites for hydroxylation is 1. The standard InChI is InChI=1S/C20H26F2N4O3S/c1-12(2)19-23-8-5-16(24-19)26-9-6-14(7-10-26)30(4,28)25-20(27)17-13(3)11-15(29-17)18(21)22/h5,8,11-12,14,18H,6-7,9-10H2,1-4H3. The molecule has 1 aliphatic heterocycles. The smallest absolute Gasteiger partial charge is 0.321 e. The Kier molecular flexibility index (Phi) is 6.54. The number of carbonyl (C=O) groups excluding carboxylic acids is 1. The molecule has 0 saturated carbocycles. The lowest BCUT2D eigenvalue weighted by Gasteiger charge is -2.33. The Morgan fingerprint density at radius 2 is 2.00 bits per heavy atom. The molecule has 3 rings (SSSR count). The van der Waals surface area contributed by atoms with Crippen LogP contribution in [0.1, 0.15) is 66.7 Å². The van der Waals surface area contributed by atoms with Gasteiger partial charge in [-0.05, 0) is 31.9 Å². The first-order valence-electron chi connectivity index (χ1n) is 9.80. The molecule has 0 aromatic carbocycles. The Balaban J connectivity index is 1.72. The molecule has 0 radical (unpaired) electrons. The quantitative estimate of drug-likeness (QED) is 0.687. The highest BCUT2D eigenvalue weighted by atomic mass is 32.2. The van der Waals surface area contributed by atoms with E-state index >= 15 is 0 Å². The summed E-state index contributed by atoms with van der Waals surface area (Å²) in [6.45, 7) is 6.80. The van der Waals surface area contributed by atoms with Crippen molar-refractivity contribution in [1.82, 2.24) is 9.97 Å². The SMILES string of the molecule is Cc1cc(C(F)F)oc1C(=O)N=S(C)(=O)C1CCN(c2ccnc(C(C)C)n2)CC1. The van der Waals surface area contributed by atoms with E-state index in [1.807, 2.05) is 19.9 Å². The summed E-state index contributed by atoms with van der Waals surface area (Å²) in [6.07, 6.45) is 1.51. The topological polar surface area (TPSA) is 88.7 Å². The highest BCUT2D eigenvalue weighted by Gasteiger charge is 2.28. The van der Waals surface area contributed by atoms with Gasteiger partial charge in [-0.15, -0.1) is 0 Å². The molecule has 0 aliphatic carbocycles. The number of hydrogen-bond acceptors (Lipinski definition) is 6. The fourth-order valence-electron chi connectivity index (χ4n) is 3.45. The van der Waals surface area contributed by atoms with Crippen LogP contribution in [-0.2, 0) is 9.73 Å². The Labute approximate surface area is 175 Å². The number of amides is 1. The largest absolute Gasteiger partial charge is 0.449 e. The molecule has 1 atom stereocenters. The van der Waals surface area contributed by atoms with Gasteiger partial charge in [0.05, 0.1) is 9.73 Å². The van der Waals surface area contributed by atoms with Gasteiger partial charge in [-0.3, -0.25) is 4.79 Å².